The average molecular weight is 256 g/mol. The van der Waals surface area contributed by atoms with Crippen LogP contribution in [0.25, 0.3) is 0 Å². The SMILES string of the molecule is CC1(C)COc2ccc(Oc3ccc(N)cn3)cc21. The Morgan fingerprint density at radius 3 is 2.84 bits per heavy atom. The van der Waals surface area contributed by atoms with Crippen LogP contribution in [0.2, 0.25) is 0 Å². The third-order valence-electron chi connectivity index (χ3n) is 3.25. The molecule has 0 bridgehead atoms. The maximum atomic E-state index is 5.73. The van der Waals surface area contributed by atoms with Crippen molar-refractivity contribution in [3.05, 3.63) is 42.1 Å². The van der Waals surface area contributed by atoms with Crippen molar-refractivity contribution < 1.29 is 9.47 Å². The first-order valence-electron chi connectivity index (χ1n) is 6.21. The number of benzene rings is 1. The van der Waals surface area contributed by atoms with Crippen LogP contribution in [-0.2, 0) is 5.41 Å². The first kappa shape index (κ1) is 11.8. The van der Waals surface area contributed by atoms with Crippen LogP contribution >= 0.6 is 0 Å². The van der Waals surface area contributed by atoms with Crippen molar-refractivity contribution in [2.24, 2.45) is 0 Å². The van der Waals surface area contributed by atoms with E-state index in [0.717, 1.165) is 11.5 Å². The summed E-state index contributed by atoms with van der Waals surface area (Å²) in [4.78, 5) is 4.12. The van der Waals surface area contributed by atoms with Crippen LogP contribution in [0.3, 0.4) is 0 Å². The predicted octanol–water partition coefficient (Wildman–Crippen LogP) is 3.13. The highest BCUT2D eigenvalue weighted by Crippen LogP contribution is 2.40. The first-order valence-corrected chi connectivity index (χ1v) is 6.21. The van der Waals surface area contributed by atoms with E-state index in [1.165, 1.54) is 5.56 Å². The molecule has 2 aromatic rings. The van der Waals surface area contributed by atoms with Gasteiger partial charge in [0.25, 0.3) is 0 Å². The molecule has 1 aromatic carbocycles. The predicted molar refractivity (Wildman–Crippen MR) is 73.7 cm³/mol. The topological polar surface area (TPSA) is 57.4 Å². The molecule has 0 aliphatic carbocycles. The molecule has 0 spiro atoms. The summed E-state index contributed by atoms with van der Waals surface area (Å²) in [5, 5.41) is 0. The zero-order chi connectivity index (χ0) is 13.5. The van der Waals surface area contributed by atoms with Crippen LogP contribution in [0.4, 0.5) is 5.69 Å². The van der Waals surface area contributed by atoms with Crippen molar-refractivity contribution in [3.8, 4) is 17.4 Å². The quantitative estimate of drug-likeness (QED) is 0.896. The second-order valence-corrected chi connectivity index (χ2v) is 5.36. The van der Waals surface area contributed by atoms with Crippen molar-refractivity contribution in [1.29, 1.82) is 0 Å². The lowest BCUT2D eigenvalue weighted by atomic mass is 9.87. The van der Waals surface area contributed by atoms with E-state index in [0.29, 0.717) is 18.2 Å². The van der Waals surface area contributed by atoms with E-state index in [9.17, 15) is 0 Å². The maximum Gasteiger partial charge on any atom is 0.219 e. The van der Waals surface area contributed by atoms with Gasteiger partial charge in [-0.1, -0.05) is 13.8 Å². The van der Waals surface area contributed by atoms with Crippen LogP contribution in [0.1, 0.15) is 19.4 Å². The molecule has 0 fully saturated rings. The van der Waals surface area contributed by atoms with E-state index in [1.54, 1.807) is 18.3 Å². The molecule has 0 atom stereocenters. The number of nitrogens with zero attached hydrogens (tertiary/aromatic N) is 1. The standard InChI is InChI=1S/C15H16N2O2/c1-15(2)9-18-13-5-4-11(7-12(13)15)19-14-6-3-10(16)8-17-14/h3-8H,9,16H2,1-2H3. The lowest BCUT2D eigenvalue weighted by molar-refractivity contribution is 0.291. The summed E-state index contributed by atoms with van der Waals surface area (Å²) in [6.07, 6.45) is 1.58. The van der Waals surface area contributed by atoms with Gasteiger partial charge in [0, 0.05) is 17.0 Å². The number of anilines is 1. The van der Waals surface area contributed by atoms with Crippen LogP contribution in [0, 0.1) is 0 Å². The Balaban J connectivity index is 1.89. The fourth-order valence-electron chi connectivity index (χ4n) is 2.14. The van der Waals surface area contributed by atoms with Crippen LogP contribution in [0.5, 0.6) is 17.4 Å². The molecule has 1 aromatic heterocycles. The van der Waals surface area contributed by atoms with Gasteiger partial charge in [-0.05, 0) is 24.3 Å². The summed E-state index contributed by atoms with van der Waals surface area (Å²) < 4.78 is 11.4. The first-order chi connectivity index (χ1) is 9.04. The largest absolute Gasteiger partial charge is 0.492 e. The Kier molecular flexibility index (Phi) is 2.59. The van der Waals surface area contributed by atoms with E-state index in [1.807, 2.05) is 18.2 Å². The minimum absolute atomic E-state index is 0.0171. The van der Waals surface area contributed by atoms with Gasteiger partial charge in [0.2, 0.25) is 5.88 Å². The van der Waals surface area contributed by atoms with E-state index < -0.39 is 0 Å². The van der Waals surface area contributed by atoms with Gasteiger partial charge < -0.3 is 15.2 Å². The third-order valence-corrected chi connectivity index (χ3v) is 3.25. The highest BCUT2D eigenvalue weighted by atomic mass is 16.5. The van der Waals surface area contributed by atoms with Crippen molar-refractivity contribution >= 4 is 5.69 Å². The molecule has 2 heterocycles. The summed E-state index contributed by atoms with van der Waals surface area (Å²) in [6.45, 7) is 5.01. The molecule has 98 valence electrons. The second-order valence-electron chi connectivity index (χ2n) is 5.36. The molecule has 0 saturated heterocycles. The molecule has 0 saturated carbocycles. The van der Waals surface area contributed by atoms with E-state index in [2.05, 4.69) is 18.8 Å². The lowest BCUT2D eigenvalue weighted by Crippen LogP contribution is -2.18. The Hall–Kier alpha value is -2.23. The maximum absolute atomic E-state index is 5.73. The molecule has 0 unspecified atom stereocenters. The van der Waals surface area contributed by atoms with Gasteiger partial charge in [-0.15, -0.1) is 0 Å². The molecule has 19 heavy (non-hydrogen) atoms. The van der Waals surface area contributed by atoms with E-state index in [4.69, 9.17) is 15.2 Å². The molecular formula is C15H16N2O2. The molecule has 1 aliphatic heterocycles. The van der Waals surface area contributed by atoms with Gasteiger partial charge >= 0.3 is 0 Å². The fraction of sp³-hybridized carbons (Fsp3) is 0.267. The molecule has 3 rings (SSSR count). The van der Waals surface area contributed by atoms with Crippen LogP contribution in [0.15, 0.2) is 36.5 Å². The monoisotopic (exact) mass is 256 g/mol. The number of fused-ring (bicyclic) bond motifs is 1. The number of nitrogens with two attached hydrogens (primary N) is 1. The molecule has 4 nitrogen and oxygen atoms in total. The molecular weight excluding hydrogens is 240 g/mol. The zero-order valence-electron chi connectivity index (χ0n) is 11.0. The van der Waals surface area contributed by atoms with Gasteiger partial charge in [0.15, 0.2) is 0 Å². The summed E-state index contributed by atoms with van der Waals surface area (Å²) in [6, 6.07) is 9.36. The fourth-order valence-corrected chi connectivity index (χ4v) is 2.14. The molecule has 2 N–H and O–H groups in total. The Morgan fingerprint density at radius 2 is 2.11 bits per heavy atom. The number of hydrogen-bond donors (Lipinski definition) is 1. The van der Waals surface area contributed by atoms with Crippen LogP contribution in [-0.4, -0.2) is 11.6 Å². The van der Waals surface area contributed by atoms with Gasteiger partial charge in [-0.25, -0.2) is 4.98 Å². The Morgan fingerprint density at radius 1 is 1.26 bits per heavy atom. The van der Waals surface area contributed by atoms with Gasteiger partial charge in [0.1, 0.15) is 11.5 Å². The zero-order valence-corrected chi connectivity index (χ0v) is 11.0. The van der Waals surface area contributed by atoms with Crippen molar-refractivity contribution in [1.82, 2.24) is 4.98 Å². The number of nitrogen functional groups attached to an aromatic ring is 1. The normalized spacial score (nSPS) is 15.7. The minimum Gasteiger partial charge on any atom is -0.492 e. The van der Waals surface area contributed by atoms with E-state index >= 15 is 0 Å². The number of pyridine rings is 1. The van der Waals surface area contributed by atoms with Crippen molar-refractivity contribution in [3.63, 3.8) is 0 Å². The molecule has 1 aliphatic rings. The number of ether oxygens (including phenoxy) is 2. The summed E-state index contributed by atoms with van der Waals surface area (Å²) in [5.74, 6) is 2.23. The average Bonchev–Trinajstić information content (AvgIpc) is 2.69. The Labute approximate surface area is 112 Å². The summed E-state index contributed by atoms with van der Waals surface area (Å²) in [7, 11) is 0. The third kappa shape index (κ3) is 2.21. The number of rotatable bonds is 2. The van der Waals surface area contributed by atoms with Gasteiger partial charge in [-0.2, -0.15) is 0 Å². The highest BCUT2D eigenvalue weighted by molar-refractivity contribution is 5.48. The molecule has 4 heteroatoms. The van der Waals surface area contributed by atoms with Crippen molar-refractivity contribution in [2.45, 2.75) is 19.3 Å². The van der Waals surface area contributed by atoms with Crippen LogP contribution < -0.4 is 15.2 Å². The van der Waals surface area contributed by atoms with Gasteiger partial charge in [0.05, 0.1) is 18.5 Å². The minimum atomic E-state index is 0.0171. The highest BCUT2D eigenvalue weighted by Gasteiger charge is 2.32. The Bertz CT molecular complexity index is 606. The number of hydrogen-bond acceptors (Lipinski definition) is 4. The second kappa shape index (κ2) is 4.16. The summed E-state index contributed by atoms with van der Waals surface area (Å²) in [5.41, 5.74) is 7.40. The van der Waals surface area contributed by atoms with E-state index in [-0.39, 0.29) is 5.41 Å². The smallest absolute Gasteiger partial charge is 0.219 e. The van der Waals surface area contributed by atoms with Gasteiger partial charge in [-0.3, -0.25) is 0 Å². The lowest BCUT2D eigenvalue weighted by Gasteiger charge is -2.15. The summed E-state index contributed by atoms with van der Waals surface area (Å²) >= 11 is 0. The van der Waals surface area contributed by atoms with Crippen molar-refractivity contribution in [2.75, 3.05) is 12.3 Å². The number of aromatic nitrogens is 1. The molecule has 0 radical (unpaired) electrons. The molecule has 0 amide bonds.